The van der Waals surface area contributed by atoms with E-state index >= 15 is 0 Å². The topological polar surface area (TPSA) is 98.5 Å². The van der Waals surface area contributed by atoms with Crippen LogP contribution in [0.5, 0.6) is 5.75 Å². The number of benzene rings is 1. The van der Waals surface area contributed by atoms with Crippen LogP contribution in [0.2, 0.25) is 5.28 Å². The molecule has 3 aromatic rings. The number of nitrogens with zero attached hydrogens (tertiary/aromatic N) is 2. The van der Waals surface area contributed by atoms with Gasteiger partial charge in [0.05, 0.1) is 12.8 Å². The smallest absolute Gasteiger partial charge is 0.407 e. The Balaban J connectivity index is 1.59. The molecule has 9 heteroatoms. The Morgan fingerprint density at radius 1 is 1.33 bits per heavy atom. The van der Waals surface area contributed by atoms with Gasteiger partial charge in [0.15, 0.2) is 0 Å². The number of hydrogen-bond donors (Lipinski definition) is 2. The van der Waals surface area contributed by atoms with Gasteiger partial charge < -0.3 is 24.5 Å². The van der Waals surface area contributed by atoms with Crippen molar-refractivity contribution < 1.29 is 18.7 Å². The molecule has 0 bridgehead atoms. The summed E-state index contributed by atoms with van der Waals surface area (Å²) in [6.45, 7) is 2.78. The van der Waals surface area contributed by atoms with E-state index in [1.807, 2.05) is 31.2 Å². The highest BCUT2D eigenvalue weighted by Gasteiger charge is 2.36. The molecule has 1 atom stereocenters. The van der Waals surface area contributed by atoms with Gasteiger partial charge in [-0.3, -0.25) is 0 Å². The molecule has 0 spiro atoms. The van der Waals surface area contributed by atoms with Crippen LogP contribution in [0.25, 0.3) is 10.9 Å². The third-order valence-corrected chi connectivity index (χ3v) is 4.31. The molecule has 0 radical (unpaired) electrons. The number of ether oxygens (including phenoxy) is 2. The Morgan fingerprint density at radius 2 is 2.22 bits per heavy atom. The maximum Gasteiger partial charge on any atom is 0.407 e. The highest BCUT2D eigenvalue weighted by molar-refractivity contribution is 6.29. The summed E-state index contributed by atoms with van der Waals surface area (Å²) in [7, 11) is 0. The molecule has 2 aromatic heterocycles. The lowest BCUT2D eigenvalue weighted by Crippen LogP contribution is -2.45. The van der Waals surface area contributed by atoms with Crippen LogP contribution in [0.3, 0.4) is 0 Å². The van der Waals surface area contributed by atoms with Gasteiger partial charge in [-0.05, 0) is 42.8 Å². The second-order valence-corrected chi connectivity index (χ2v) is 6.82. The minimum Gasteiger partial charge on any atom is -0.489 e. The fraction of sp³-hybridized carbons (Fsp3) is 0.278. The number of halogens is 1. The summed E-state index contributed by atoms with van der Waals surface area (Å²) in [5.41, 5.74) is -0.0236. The second-order valence-electron chi connectivity index (χ2n) is 6.48. The molecule has 1 aliphatic rings. The number of nitrogens with one attached hydrogen (secondary N) is 2. The van der Waals surface area contributed by atoms with Gasteiger partial charge >= 0.3 is 6.09 Å². The molecule has 1 amide bonds. The summed E-state index contributed by atoms with van der Waals surface area (Å²) >= 11 is 6.11. The lowest BCUT2D eigenvalue weighted by atomic mass is 10.1. The first-order valence-electron chi connectivity index (χ1n) is 8.33. The van der Waals surface area contributed by atoms with Gasteiger partial charge in [-0.2, -0.15) is 0 Å². The van der Waals surface area contributed by atoms with Crippen LogP contribution in [0, 0.1) is 0 Å². The zero-order chi connectivity index (χ0) is 18.9. The van der Waals surface area contributed by atoms with Crippen molar-refractivity contribution in [3.63, 3.8) is 0 Å². The molecule has 1 fully saturated rings. The molecular weight excluding hydrogens is 372 g/mol. The van der Waals surface area contributed by atoms with E-state index in [0.717, 1.165) is 11.1 Å². The zero-order valence-electron chi connectivity index (χ0n) is 14.5. The van der Waals surface area contributed by atoms with Crippen molar-refractivity contribution in [2.45, 2.75) is 19.0 Å². The molecular formula is C18H17ClN4O4. The number of amides is 1. The molecule has 1 saturated heterocycles. The number of anilines is 1. The maximum absolute atomic E-state index is 11.3. The Labute approximate surface area is 159 Å². The predicted octanol–water partition coefficient (Wildman–Crippen LogP) is 3.37. The van der Waals surface area contributed by atoms with Crippen LogP contribution >= 0.6 is 11.6 Å². The molecule has 8 nitrogen and oxygen atoms in total. The summed E-state index contributed by atoms with van der Waals surface area (Å²) in [4.78, 5) is 19.9. The van der Waals surface area contributed by atoms with E-state index in [4.69, 9.17) is 25.5 Å². The number of rotatable bonds is 6. The summed E-state index contributed by atoms with van der Waals surface area (Å²) in [5.74, 6) is 1.89. The lowest BCUT2D eigenvalue weighted by Gasteiger charge is -2.21. The number of cyclic esters (lactones) is 1. The number of alkyl carbamates (subject to hydrolysis) is 1. The van der Waals surface area contributed by atoms with Gasteiger partial charge in [0, 0.05) is 5.39 Å². The average Bonchev–Trinajstić information content (AvgIpc) is 3.28. The molecule has 0 saturated carbocycles. The number of para-hydroxylation sites is 1. The van der Waals surface area contributed by atoms with Crippen molar-refractivity contribution in [1.29, 1.82) is 0 Å². The van der Waals surface area contributed by atoms with Gasteiger partial charge in [0.1, 0.15) is 41.6 Å². The first-order valence-corrected chi connectivity index (χ1v) is 8.70. The summed E-state index contributed by atoms with van der Waals surface area (Å²) < 4.78 is 16.2. The molecule has 1 aromatic carbocycles. The SMILES string of the molecule is CC1(COc2cccc3c(NCc4ccco4)nc(Cl)nc23)COC(=O)N1. The number of hydrogen-bond acceptors (Lipinski definition) is 7. The highest BCUT2D eigenvalue weighted by Crippen LogP contribution is 2.30. The largest absolute Gasteiger partial charge is 0.489 e. The number of furan rings is 1. The molecule has 27 heavy (non-hydrogen) atoms. The quantitative estimate of drug-likeness (QED) is 0.624. The summed E-state index contributed by atoms with van der Waals surface area (Å²) in [6.07, 6.45) is 1.16. The Bertz CT molecular complexity index is 979. The minimum absolute atomic E-state index is 0.101. The second kappa shape index (κ2) is 6.96. The predicted molar refractivity (Wildman–Crippen MR) is 99.0 cm³/mol. The first-order chi connectivity index (χ1) is 13.0. The van der Waals surface area contributed by atoms with Gasteiger partial charge in [0.25, 0.3) is 0 Å². The van der Waals surface area contributed by atoms with Crippen LogP contribution in [0.4, 0.5) is 10.6 Å². The molecule has 140 valence electrons. The first kappa shape index (κ1) is 17.4. The van der Waals surface area contributed by atoms with Crippen LogP contribution in [-0.2, 0) is 11.3 Å². The molecule has 1 unspecified atom stereocenters. The molecule has 2 N–H and O–H groups in total. The lowest BCUT2D eigenvalue weighted by molar-refractivity contribution is 0.161. The normalized spacial score (nSPS) is 19.0. The van der Waals surface area contributed by atoms with Crippen molar-refractivity contribution in [3.05, 3.63) is 47.6 Å². The average molecular weight is 389 g/mol. The minimum atomic E-state index is -0.601. The number of carbonyl (C=O) groups excluding carboxylic acids is 1. The van der Waals surface area contributed by atoms with E-state index in [2.05, 4.69) is 20.6 Å². The van der Waals surface area contributed by atoms with E-state index in [1.54, 1.807) is 12.3 Å². The van der Waals surface area contributed by atoms with Crippen molar-refractivity contribution in [2.24, 2.45) is 0 Å². The monoisotopic (exact) mass is 388 g/mol. The van der Waals surface area contributed by atoms with E-state index in [9.17, 15) is 4.79 Å². The fourth-order valence-corrected chi connectivity index (χ4v) is 2.96. The molecule has 1 aliphatic heterocycles. The Morgan fingerprint density at radius 3 is 2.96 bits per heavy atom. The summed E-state index contributed by atoms with van der Waals surface area (Å²) in [5, 5.41) is 6.81. The van der Waals surface area contributed by atoms with E-state index in [0.29, 0.717) is 23.6 Å². The Kier molecular flexibility index (Phi) is 4.49. The number of fused-ring (bicyclic) bond motifs is 1. The molecule has 0 aliphatic carbocycles. The highest BCUT2D eigenvalue weighted by atomic mass is 35.5. The molecule has 3 heterocycles. The third-order valence-electron chi connectivity index (χ3n) is 4.14. The van der Waals surface area contributed by atoms with Gasteiger partial charge in [-0.25, -0.2) is 14.8 Å². The number of carbonyl (C=O) groups is 1. The summed E-state index contributed by atoms with van der Waals surface area (Å²) in [6, 6.07) is 9.21. The Hall–Kier alpha value is -3.00. The van der Waals surface area contributed by atoms with Crippen molar-refractivity contribution in [2.75, 3.05) is 18.5 Å². The zero-order valence-corrected chi connectivity index (χ0v) is 15.2. The molecule has 4 rings (SSSR count). The van der Waals surface area contributed by atoms with Gasteiger partial charge in [-0.1, -0.05) is 6.07 Å². The fourth-order valence-electron chi connectivity index (χ4n) is 2.79. The van der Waals surface area contributed by atoms with Gasteiger partial charge in [0.2, 0.25) is 5.28 Å². The van der Waals surface area contributed by atoms with Crippen LogP contribution in [-0.4, -0.2) is 34.8 Å². The van der Waals surface area contributed by atoms with Crippen LogP contribution in [0.15, 0.2) is 41.0 Å². The van der Waals surface area contributed by atoms with Gasteiger partial charge in [-0.15, -0.1) is 0 Å². The van der Waals surface area contributed by atoms with Crippen molar-refractivity contribution >= 4 is 34.4 Å². The van der Waals surface area contributed by atoms with Crippen molar-refractivity contribution in [1.82, 2.24) is 15.3 Å². The van der Waals surface area contributed by atoms with Crippen molar-refractivity contribution in [3.8, 4) is 5.75 Å². The standard InChI is InChI=1S/C18H17ClN4O4/c1-18(10-27-17(24)23-18)9-26-13-6-2-5-12-14(13)21-16(19)22-15(12)20-8-11-4-3-7-25-11/h2-7H,8-10H2,1H3,(H,23,24)(H,20,21,22). The number of aromatic nitrogens is 2. The third kappa shape index (κ3) is 3.75. The van der Waals surface area contributed by atoms with E-state index < -0.39 is 11.6 Å². The van der Waals surface area contributed by atoms with E-state index in [-0.39, 0.29) is 18.5 Å². The maximum atomic E-state index is 11.3. The van der Waals surface area contributed by atoms with E-state index in [1.165, 1.54) is 0 Å². The van der Waals surface area contributed by atoms with Crippen LogP contribution < -0.4 is 15.4 Å². The van der Waals surface area contributed by atoms with Crippen LogP contribution in [0.1, 0.15) is 12.7 Å².